The largest absolute Gasteiger partial charge is 0.496 e. The van der Waals surface area contributed by atoms with Gasteiger partial charge in [-0.1, -0.05) is 31.0 Å². The number of methoxy groups -OCH3 is 2. The second-order valence-corrected chi connectivity index (χ2v) is 7.64. The van der Waals surface area contributed by atoms with Crippen molar-refractivity contribution in [3.63, 3.8) is 0 Å². The maximum Gasteiger partial charge on any atom is 0.193 e. The van der Waals surface area contributed by atoms with Gasteiger partial charge in [0.25, 0.3) is 0 Å². The summed E-state index contributed by atoms with van der Waals surface area (Å²) >= 11 is 0. The fourth-order valence-corrected chi connectivity index (χ4v) is 4.65. The Morgan fingerprint density at radius 2 is 2.00 bits per heavy atom. The number of hydrogen-bond acceptors (Lipinski definition) is 3. The van der Waals surface area contributed by atoms with Crippen LogP contribution in [0.2, 0.25) is 0 Å². The Labute approximate surface area is 180 Å². The van der Waals surface area contributed by atoms with Gasteiger partial charge in [-0.3, -0.25) is 4.99 Å². The molecule has 1 saturated heterocycles. The summed E-state index contributed by atoms with van der Waals surface area (Å²) in [6.45, 7) is 3.81. The number of ether oxygens (including phenoxy) is 2. The van der Waals surface area contributed by atoms with Gasteiger partial charge >= 0.3 is 0 Å². The molecule has 0 bridgehead atoms. The van der Waals surface area contributed by atoms with E-state index < -0.39 is 0 Å². The second kappa shape index (κ2) is 10.5. The molecule has 3 rings (SSSR count). The Balaban J connectivity index is 0.00000261. The quantitative estimate of drug-likeness (QED) is 0.378. The Bertz CT molecular complexity index is 617. The number of benzene rings is 1. The topological polar surface area (TPSA) is 46.1 Å². The van der Waals surface area contributed by atoms with Crippen LogP contribution in [0.3, 0.4) is 0 Å². The lowest BCUT2D eigenvalue weighted by atomic mass is 9.78. The van der Waals surface area contributed by atoms with Gasteiger partial charge in [0, 0.05) is 50.7 Å². The van der Waals surface area contributed by atoms with Crippen molar-refractivity contribution in [2.45, 2.75) is 37.5 Å². The minimum atomic E-state index is 0. The van der Waals surface area contributed by atoms with Crippen molar-refractivity contribution < 1.29 is 9.47 Å². The highest BCUT2D eigenvalue weighted by Crippen LogP contribution is 2.44. The molecule has 1 saturated carbocycles. The van der Waals surface area contributed by atoms with E-state index in [1.54, 1.807) is 14.2 Å². The first kappa shape index (κ1) is 22.3. The maximum absolute atomic E-state index is 5.67. The van der Waals surface area contributed by atoms with E-state index in [-0.39, 0.29) is 29.4 Å². The van der Waals surface area contributed by atoms with E-state index in [9.17, 15) is 0 Å². The lowest BCUT2D eigenvalue weighted by molar-refractivity contribution is 0.157. The predicted molar refractivity (Wildman–Crippen MR) is 121 cm³/mol. The van der Waals surface area contributed by atoms with E-state index in [1.807, 2.05) is 7.05 Å². The van der Waals surface area contributed by atoms with E-state index in [1.165, 1.54) is 37.7 Å². The van der Waals surface area contributed by atoms with E-state index in [0.29, 0.717) is 5.92 Å². The third kappa shape index (κ3) is 5.08. The minimum absolute atomic E-state index is 0. The zero-order valence-electron chi connectivity index (χ0n) is 16.9. The molecule has 1 aromatic rings. The molecule has 0 spiro atoms. The van der Waals surface area contributed by atoms with Crippen molar-refractivity contribution in [3.8, 4) is 5.75 Å². The van der Waals surface area contributed by atoms with Crippen LogP contribution in [0.5, 0.6) is 5.75 Å². The molecule has 1 aliphatic carbocycles. The maximum atomic E-state index is 5.67. The summed E-state index contributed by atoms with van der Waals surface area (Å²) in [6, 6.07) is 8.50. The smallest absolute Gasteiger partial charge is 0.193 e. The van der Waals surface area contributed by atoms with Gasteiger partial charge in [-0.2, -0.15) is 0 Å². The standard InChI is InChI=1S/C21H33N3O2.HI/c1-22-20(24-13-10-17(14-24)15-25-2)23-16-21(11-6-7-12-21)18-8-4-5-9-19(18)26-3;/h4-5,8-9,17H,6-7,10-16H2,1-3H3,(H,22,23);1H. The first-order chi connectivity index (χ1) is 12.7. The van der Waals surface area contributed by atoms with E-state index in [4.69, 9.17) is 9.47 Å². The number of hydrogen-bond donors (Lipinski definition) is 1. The Kier molecular flexibility index (Phi) is 8.66. The number of para-hydroxylation sites is 1. The molecule has 2 aliphatic rings. The van der Waals surface area contributed by atoms with Crippen LogP contribution in [-0.4, -0.2) is 58.4 Å². The van der Waals surface area contributed by atoms with Crippen molar-refractivity contribution in [2.24, 2.45) is 10.9 Å². The first-order valence-electron chi connectivity index (χ1n) is 9.80. The average molecular weight is 487 g/mol. The molecule has 0 amide bonds. The minimum Gasteiger partial charge on any atom is -0.496 e. The fraction of sp³-hybridized carbons (Fsp3) is 0.667. The molecule has 1 heterocycles. The Hall–Kier alpha value is -1.02. The summed E-state index contributed by atoms with van der Waals surface area (Å²) in [5.74, 6) is 2.63. The summed E-state index contributed by atoms with van der Waals surface area (Å²) in [6.07, 6.45) is 6.12. The highest BCUT2D eigenvalue weighted by molar-refractivity contribution is 14.0. The first-order valence-corrected chi connectivity index (χ1v) is 9.80. The number of halogens is 1. The van der Waals surface area contributed by atoms with Crippen LogP contribution >= 0.6 is 24.0 Å². The molecule has 152 valence electrons. The number of nitrogens with one attached hydrogen (secondary N) is 1. The molecule has 27 heavy (non-hydrogen) atoms. The lowest BCUT2D eigenvalue weighted by Crippen LogP contribution is -2.46. The number of likely N-dealkylation sites (tertiary alicyclic amines) is 1. The average Bonchev–Trinajstić information content (AvgIpc) is 3.33. The molecule has 0 radical (unpaired) electrons. The van der Waals surface area contributed by atoms with Gasteiger partial charge in [-0.05, 0) is 25.3 Å². The number of guanidine groups is 1. The van der Waals surface area contributed by atoms with Gasteiger partial charge in [0.15, 0.2) is 5.96 Å². The van der Waals surface area contributed by atoms with E-state index in [0.717, 1.165) is 38.0 Å². The SMILES string of the molecule is CN=C(NCC1(c2ccccc2OC)CCCC1)N1CCC(COC)C1.I. The summed E-state index contributed by atoms with van der Waals surface area (Å²) in [7, 11) is 5.44. The monoisotopic (exact) mass is 487 g/mol. The molecule has 0 aromatic heterocycles. The molecule has 2 fully saturated rings. The summed E-state index contributed by atoms with van der Waals surface area (Å²) in [5.41, 5.74) is 1.47. The zero-order chi connectivity index (χ0) is 18.4. The van der Waals surface area contributed by atoms with Gasteiger partial charge in [0.05, 0.1) is 13.7 Å². The predicted octanol–water partition coefficient (Wildman–Crippen LogP) is 3.67. The van der Waals surface area contributed by atoms with Crippen molar-refractivity contribution in [3.05, 3.63) is 29.8 Å². The fourth-order valence-electron chi connectivity index (χ4n) is 4.65. The highest BCUT2D eigenvalue weighted by atomic mass is 127. The van der Waals surface area contributed by atoms with Gasteiger partial charge in [0.2, 0.25) is 0 Å². The molecule has 1 atom stereocenters. The van der Waals surface area contributed by atoms with Crippen LogP contribution in [0.4, 0.5) is 0 Å². The molecule has 6 heteroatoms. The van der Waals surface area contributed by atoms with Crippen molar-refractivity contribution in [1.29, 1.82) is 0 Å². The van der Waals surface area contributed by atoms with Gasteiger partial charge < -0.3 is 19.7 Å². The van der Waals surface area contributed by atoms with Crippen LogP contribution in [0, 0.1) is 5.92 Å². The molecule has 1 aliphatic heterocycles. The van der Waals surface area contributed by atoms with Gasteiger partial charge in [-0.25, -0.2) is 0 Å². The zero-order valence-corrected chi connectivity index (χ0v) is 19.2. The summed E-state index contributed by atoms with van der Waals surface area (Å²) in [5, 5.41) is 3.69. The molecular weight excluding hydrogens is 453 g/mol. The van der Waals surface area contributed by atoms with Crippen LogP contribution in [-0.2, 0) is 10.2 Å². The highest BCUT2D eigenvalue weighted by Gasteiger charge is 2.38. The Morgan fingerprint density at radius 3 is 2.67 bits per heavy atom. The summed E-state index contributed by atoms with van der Waals surface area (Å²) < 4.78 is 11.0. The van der Waals surface area contributed by atoms with Gasteiger partial charge in [0.1, 0.15) is 5.75 Å². The molecule has 1 aromatic carbocycles. The molecule has 1 unspecified atom stereocenters. The second-order valence-electron chi connectivity index (χ2n) is 7.64. The lowest BCUT2D eigenvalue weighted by Gasteiger charge is -2.33. The molecular formula is C21H34IN3O2. The number of aliphatic imine (C=N–C) groups is 1. The number of rotatable bonds is 6. The number of nitrogens with zero attached hydrogens (tertiary/aromatic N) is 2. The third-order valence-corrected chi connectivity index (χ3v) is 6.02. The van der Waals surface area contributed by atoms with Crippen molar-refractivity contribution in [1.82, 2.24) is 10.2 Å². The molecule has 5 nitrogen and oxygen atoms in total. The normalized spacial score (nSPS) is 21.8. The van der Waals surface area contributed by atoms with Crippen LogP contribution in [0.1, 0.15) is 37.7 Å². The summed E-state index contributed by atoms with van der Waals surface area (Å²) in [4.78, 5) is 6.92. The van der Waals surface area contributed by atoms with Crippen molar-refractivity contribution >= 4 is 29.9 Å². The van der Waals surface area contributed by atoms with Crippen LogP contribution in [0.15, 0.2) is 29.3 Å². The van der Waals surface area contributed by atoms with Crippen LogP contribution < -0.4 is 10.1 Å². The third-order valence-electron chi connectivity index (χ3n) is 6.02. The Morgan fingerprint density at radius 1 is 1.26 bits per heavy atom. The van der Waals surface area contributed by atoms with Crippen molar-refractivity contribution in [2.75, 3.05) is 47.5 Å². The molecule has 1 N–H and O–H groups in total. The van der Waals surface area contributed by atoms with E-state index in [2.05, 4.69) is 39.5 Å². The van der Waals surface area contributed by atoms with E-state index >= 15 is 0 Å². The van der Waals surface area contributed by atoms with Gasteiger partial charge in [-0.15, -0.1) is 24.0 Å². The van der Waals surface area contributed by atoms with Crippen LogP contribution in [0.25, 0.3) is 0 Å².